The number of hydrogen-bond donors (Lipinski definition) is 2. The van der Waals surface area contributed by atoms with Crippen LogP contribution in [-0.4, -0.2) is 20.9 Å². The average Bonchev–Trinajstić information content (AvgIpc) is 3.02. The molecule has 0 atom stereocenters. The van der Waals surface area contributed by atoms with E-state index in [0.717, 1.165) is 22.6 Å². The zero-order valence-electron chi connectivity index (χ0n) is 15.2. The Morgan fingerprint density at radius 3 is 2.46 bits per heavy atom. The van der Waals surface area contributed by atoms with Gasteiger partial charge in [-0.25, -0.2) is 15.0 Å². The van der Waals surface area contributed by atoms with Gasteiger partial charge in [-0.3, -0.25) is 4.79 Å². The summed E-state index contributed by atoms with van der Waals surface area (Å²) < 4.78 is 0. The van der Waals surface area contributed by atoms with Crippen LogP contribution >= 0.6 is 11.3 Å². The highest BCUT2D eigenvalue weighted by molar-refractivity contribution is 7.14. The monoisotopic (exact) mass is 367 g/mol. The highest BCUT2D eigenvalue weighted by atomic mass is 32.1. The van der Waals surface area contributed by atoms with Gasteiger partial charge in [0.2, 0.25) is 5.95 Å². The van der Waals surface area contributed by atoms with Gasteiger partial charge < -0.3 is 10.6 Å². The van der Waals surface area contributed by atoms with Crippen molar-refractivity contribution >= 4 is 34.0 Å². The maximum absolute atomic E-state index is 12.5. The van der Waals surface area contributed by atoms with Gasteiger partial charge in [0.15, 0.2) is 5.13 Å². The van der Waals surface area contributed by atoms with Gasteiger partial charge in [0.05, 0.1) is 0 Å². The first-order chi connectivity index (χ1) is 12.4. The van der Waals surface area contributed by atoms with Gasteiger partial charge in [-0.2, -0.15) is 0 Å². The summed E-state index contributed by atoms with van der Waals surface area (Å²) >= 11 is 1.34. The summed E-state index contributed by atoms with van der Waals surface area (Å²) in [5, 5.41) is 8.31. The van der Waals surface area contributed by atoms with Crippen LogP contribution in [-0.2, 0) is 0 Å². The van der Waals surface area contributed by atoms with Crippen LogP contribution in [0.25, 0.3) is 0 Å². The third-order valence-corrected chi connectivity index (χ3v) is 4.53. The van der Waals surface area contributed by atoms with E-state index in [1.807, 2.05) is 44.2 Å². The van der Waals surface area contributed by atoms with Gasteiger partial charge in [0.25, 0.3) is 5.91 Å². The van der Waals surface area contributed by atoms with Crippen molar-refractivity contribution in [1.82, 2.24) is 15.0 Å². The number of nitrogens with one attached hydrogen (secondary N) is 2. The molecule has 0 unspecified atom stereocenters. The van der Waals surface area contributed by atoms with Gasteiger partial charge in [-0.05, 0) is 37.5 Å². The van der Waals surface area contributed by atoms with E-state index in [1.54, 1.807) is 5.38 Å². The average molecular weight is 367 g/mol. The van der Waals surface area contributed by atoms with Crippen molar-refractivity contribution in [3.8, 4) is 0 Å². The molecule has 3 aromatic rings. The largest absolute Gasteiger partial charge is 0.320 e. The van der Waals surface area contributed by atoms with Gasteiger partial charge >= 0.3 is 0 Å². The van der Waals surface area contributed by atoms with Crippen LogP contribution in [0.15, 0.2) is 35.7 Å². The number of aromatic nitrogens is 3. The molecule has 2 heterocycles. The zero-order chi connectivity index (χ0) is 18.7. The molecule has 7 heteroatoms. The Morgan fingerprint density at radius 1 is 1.08 bits per heavy atom. The van der Waals surface area contributed by atoms with Crippen molar-refractivity contribution < 1.29 is 4.79 Å². The lowest BCUT2D eigenvalue weighted by Gasteiger charge is -2.12. The third kappa shape index (κ3) is 4.23. The Labute approximate surface area is 156 Å². The molecule has 0 aliphatic heterocycles. The lowest BCUT2D eigenvalue weighted by Crippen LogP contribution is -2.14. The van der Waals surface area contributed by atoms with Crippen molar-refractivity contribution in [2.24, 2.45) is 0 Å². The lowest BCUT2D eigenvalue weighted by molar-refractivity contribution is 0.102. The zero-order valence-corrected chi connectivity index (χ0v) is 16.0. The maximum atomic E-state index is 12.5. The van der Waals surface area contributed by atoms with Crippen LogP contribution in [0.2, 0.25) is 0 Å². The topological polar surface area (TPSA) is 79.8 Å². The Hall–Kier alpha value is -2.80. The Kier molecular flexibility index (Phi) is 5.27. The van der Waals surface area contributed by atoms with E-state index in [4.69, 9.17) is 0 Å². The van der Waals surface area contributed by atoms with E-state index in [9.17, 15) is 4.79 Å². The second-order valence-electron chi connectivity index (χ2n) is 6.33. The summed E-state index contributed by atoms with van der Waals surface area (Å²) in [4.78, 5) is 25.5. The molecule has 0 saturated heterocycles. The summed E-state index contributed by atoms with van der Waals surface area (Å²) in [5.41, 5.74) is 4.02. The first-order valence-corrected chi connectivity index (χ1v) is 9.25. The number of benzene rings is 1. The fourth-order valence-corrected chi connectivity index (χ4v) is 3.30. The lowest BCUT2D eigenvalue weighted by atomic mass is 10.0. The number of hydrogen-bond acceptors (Lipinski definition) is 6. The molecule has 0 saturated carbocycles. The third-order valence-electron chi connectivity index (χ3n) is 3.77. The maximum Gasteiger partial charge on any atom is 0.275 e. The molecule has 0 spiro atoms. The summed E-state index contributed by atoms with van der Waals surface area (Å²) in [6.07, 6.45) is 0. The summed E-state index contributed by atoms with van der Waals surface area (Å²) in [7, 11) is 0. The van der Waals surface area contributed by atoms with E-state index in [1.165, 1.54) is 11.3 Å². The Morgan fingerprint density at radius 2 is 1.77 bits per heavy atom. The number of anilines is 3. The van der Waals surface area contributed by atoms with Crippen molar-refractivity contribution in [2.45, 2.75) is 33.6 Å². The highest BCUT2D eigenvalue weighted by Gasteiger charge is 2.14. The van der Waals surface area contributed by atoms with Crippen LogP contribution in [0.5, 0.6) is 0 Å². The first-order valence-electron chi connectivity index (χ1n) is 8.37. The minimum atomic E-state index is -0.233. The number of aryl methyl sites for hydroxylation is 2. The van der Waals surface area contributed by atoms with Crippen LogP contribution in [0.4, 0.5) is 16.8 Å². The standard InChI is InChI=1S/C19H21N5OS/c1-11(2)14-7-5-6-8-15(14)22-17(25)16-10-26-19(23-16)24-18-20-12(3)9-13(4)21-18/h5-11H,1-4H3,(H,22,25)(H,20,21,23,24). The van der Waals surface area contributed by atoms with Crippen LogP contribution in [0.1, 0.15) is 47.2 Å². The number of carbonyl (C=O) groups is 1. The molecule has 0 radical (unpaired) electrons. The van der Waals surface area contributed by atoms with Crippen LogP contribution in [0.3, 0.4) is 0 Å². The number of rotatable bonds is 5. The molecule has 2 aromatic heterocycles. The molecule has 26 heavy (non-hydrogen) atoms. The molecule has 3 rings (SSSR count). The van der Waals surface area contributed by atoms with Crippen molar-refractivity contribution in [3.63, 3.8) is 0 Å². The highest BCUT2D eigenvalue weighted by Crippen LogP contribution is 2.25. The van der Waals surface area contributed by atoms with Crippen LogP contribution < -0.4 is 10.6 Å². The number of carbonyl (C=O) groups excluding carboxylic acids is 1. The number of nitrogens with zero attached hydrogens (tertiary/aromatic N) is 3. The molecule has 1 aromatic carbocycles. The Balaban J connectivity index is 1.74. The van der Waals surface area contributed by atoms with E-state index >= 15 is 0 Å². The quantitative estimate of drug-likeness (QED) is 0.685. The van der Waals surface area contributed by atoms with E-state index in [0.29, 0.717) is 22.7 Å². The van der Waals surface area contributed by atoms with E-state index in [-0.39, 0.29) is 5.91 Å². The molecule has 0 aliphatic rings. The van der Waals surface area contributed by atoms with E-state index in [2.05, 4.69) is 39.4 Å². The van der Waals surface area contributed by atoms with Gasteiger partial charge in [-0.15, -0.1) is 11.3 Å². The summed E-state index contributed by atoms with van der Waals surface area (Å²) in [6.45, 7) is 8.01. The van der Waals surface area contributed by atoms with Crippen molar-refractivity contribution in [1.29, 1.82) is 0 Å². The number of para-hydroxylation sites is 1. The SMILES string of the molecule is Cc1cc(C)nc(Nc2nc(C(=O)Nc3ccccc3C(C)C)cs2)n1. The molecule has 0 bridgehead atoms. The fraction of sp³-hybridized carbons (Fsp3) is 0.263. The second kappa shape index (κ2) is 7.61. The molecule has 1 amide bonds. The van der Waals surface area contributed by atoms with Gasteiger partial charge in [0, 0.05) is 22.5 Å². The minimum Gasteiger partial charge on any atom is -0.320 e. The second-order valence-corrected chi connectivity index (χ2v) is 7.19. The number of thiazole rings is 1. The molecule has 0 aliphatic carbocycles. The fourth-order valence-electron chi connectivity index (χ4n) is 2.61. The summed E-state index contributed by atoms with van der Waals surface area (Å²) in [5.74, 6) is 0.568. The van der Waals surface area contributed by atoms with Crippen molar-refractivity contribution in [3.05, 3.63) is 58.4 Å². The molecule has 0 fully saturated rings. The Bertz CT molecular complexity index is 915. The van der Waals surface area contributed by atoms with Crippen LogP contribution in [0, 0.1) is 13.8 Å². The van der Waals surface area contributed by atoms with Crippen molar-refractivity contribution in [2.75, 3.05) is 10.6 Å². The van der Waals surface area contributed by atoms with Gasteiger partial charge in [0.1, 0.15) is 5.69 Å². The minimum absolute atomic E-state index is 0.233. The molecule has 6 nitrogen and oxygen atoms in total. The molecular formula is C19H21N5OS. The predicted octanol–water partition coefficient (Wildman–Crippen LogP) is 4.67. The number of amides is 1. The first kappa shape index (κ1) is 18.0. The molecular weight excluding hydrogens is 346 g/mol. The van der Waals surface area contributed by atoms with Gasteiger partial charge in [-0.1, -0.05) is 32.0 Å². The smallest absolute Gasteiger partial charge is 0.275 e. The normalized spacial score (nSPS) is 10.8. The predicted molar refractivity (Wildman–Crippen MR) is 105 cm³/mol. The van der Waals surface area contributed by atoms with E-state index < -0.39 is 0 Å². The molecule has 2 N–H and O–H groups in total. The molecule has 134 valence electrons. The summed E-state index contributed by atoms with van der Waals surface area (Å²) in [6, 6.07) is 9.71.